The third kappa shape index (κ3) is 2.10. The molecular formula is C12H11Br2N3S. The zero-order valence-corrected chi connectivity index (χ0v) is 13.7. The molecule has 0 bridgehead atoms. The zero-order valence-electron chi connectivity index (χ0n) is 9.76. The molecule has 1 aliphatic rings. The van der Waals surface area contributed by atoms with Crippen LogP contribution in [-0.4, -0.2) is 17.0 Å². The van der Waals surface area contributed by atoms with Gasteiger partial charge in [0.05, 0.1) is 8.66 Å². The van der Waals surface area contributed by atoms with Crippen molar-refractivity contribution in [2.75, 3.05) is 12.4 Å². The van der Waals surface area contributed by atoms with E-state index in [1.807, 2.05) is 7.05 Å². The predicted molar refractivity (Wildman–Crippen MR) is 82.3 cm³/mol. The molecule has 2 aromatic rings. The summed E-state index contributed by atoms with van der Waals surface area (Å²) in [5.74, 6) is 1.80. The van der Waals surface area contributed by atoms with Crippen LogP contribution in [0.15, 0.2) is 14.3 Å². The number of rotatable bonds is 2. The smallest absolute Gasteiger partial charge is 0.171 e. The first-order valence-corrected chi connectivity index (χ1v) is 8.12. The molecule has 0 spiro atoms. The van der Waals surface area contributed by atoms with Crippen molar-refractivity contribution < 1.29 is 0 Å². The van der Waals surface area contributed by atoms with Gasteiger partial charge in [-0.15, -0.1) is 11.3 Å². The topological polar surface area (TPSA) is 37.8 Å². The Bertz CT molecular complexity index is 590. The Kier molecular flexibility index (Phi) is 3.42. The standard InChI is InChI=1S/C12H11Br2N3S/c1-15-11-6-3-2-4-8(6)16-12(17-11)9-5-7(13)10(14)18-9/h5H,2-4H2,1H3,(H,15,16,17). The highest BCUT2D eigenvalue weighted by atomic mass is 79.9. The van der Waals surface area contributed by atoms with Gasteiger partial charge in [-0.1, -0.05) is 0 Å². The van der Waals surface area contributed by atoms with Gasteiger partial charge in [-0.05, 0) is 57.2 Å². The van der Waals surface area contributed by atoms with Crippen LogP contribution in [0.2, 0.25) is 0 Å². The summed E-state index contributed by atoms with van der Waals surface area (Å²) in [4.78, 5) is 10.4. The van der Waals surface area contributed by atoms with E-state index in [-0.39, 0.29) is 0 Å². The number of aromatic nitrogens is 2. The van der Waals surface area contributed by atoms with Crippen molar-refractivity contribution in [1.29, 1.82) is 0 Å². The molecule has 0 radical (unpaired) electrons. The number of anilines is 1. The number of hydrogen-bond acceptors (Lipinski definition) is 4. The van der Waals surface area contributed by atoms with Crippen molar-refractivity contribution >= 4 is 49.0 Å². The van der Waals surface area contributed by atoms with Gasteiger partial charge in [0.2, 0.25) is 0 Å². The Morgan fingerprint density at radius 2 is 2.11 bits per heavy atom. The van der Waals surface area contributed by atoms with Crippen LogP contribution < -0.4 is 5.32 Å². The fourth-order valence-corrected chi connectivity index (χ4v) is 4.18. The van der Waals surface area contributed by atoms with Gasteiger partial charge in [-0.25, -0.2) is 9.97 Å². The van der Waals surface area contributed by atoms with E-state index in [4.69, 9.17) is 4.98 Å². The van der Waals surface area contributed by atoms with Crippen molar-refractivity contribution in [2.24, 2.45) is 0 Å². The summed E-state index contributed by atoms with van der Waals surface area (Å²) >= 11 is 8.66. The summed E-state index contributed by atoms with van der Waals surface area (Å²) in [6.45, 7) is 0. The maximum atomic E-state index is 4.70. The second-order valence-electron chi connectivity index (χ2n) is 4.16. The molecule has 2 heterocycles. The number of nitrogens with zero attached hydrogens (tertiary/aromatic N) is 2. The lowest BCUT2D eigenvalue weighted by Gasteiger charge is -2.08. The van der Waals surface area contributed by atoms with Crippen LogP contribution in [0.1, 0.15) is 17.7 Å². The maximum absolute atomic E-state index is 4.70. The van der Waals surface area contributed by atoms with Crippen LogP contribution in [-0.2, 0) is 12.8 Å². The van der Waals surface area contributed by atoms with E-state index in [1.165, 1.54) is 17.7 Å². The molecule has 0 atom stereocenters. The van der Waals surface area contributed by atoms with E-state index >= 15 is 0 Å². The summed E-state index contributed by atoms with van der Waals surface area (Å²) in [6.07, 6.45) is 3.33. The Balaban J connectivity index is 2.13. The van der Waals surface area contributed by atoms with Crippen LogP contribution in [0.4, 0.5) is 5.82 Å². The third-order valence-electron chi connectivity index (χ3n) is 3.04. The zero-order chi connectivity index (χ0) is 12.7. The van der Waals surface area contributed by atoms with Gasteiger partial charge < -0.3 is 5.32 Å². The fraction of sp³-hybridized carbons (Fsp3) is 0.333. The highest BCUT2D eigenvalue weighted by Gasteiger charge is 2.20. The van der Waals surface area contributed by atoms with Gasteiger partial charge in [0.25, 0.3) is 0 Å². The third-order valence-corrected chi connectivity index (χ3v) is 6.29. The van der Waals surface area contributed by atoms with Crippen LogP contribution in [0.25, 0.3) is 10.7 Å². The monoisotopic (exact) mass is 387 g/mol. The van der Waals surface area contributed by atoms with Crippen LogP contribution in [0.3, 0.4) is 0 Å². The largest absolute Gasteiger partial charge is 0.373 e. The molecule has 18 heavy (non-hydrogen) atoms. The van der Waals surface area contributed by atoms with Gasteiger partial charge in [-0.2, -0.15) is 0 Å². The highest BCUT2D eigenvalue weighted by Crippen LogP contribution is 2.38. The highest BCUT2D eigenvalue weighted by molar-refractivity contribution is 9.13. The van der Waals surface area contributed by atoms with Crippen molar-refractivity contribution in [2.45, 2.75) is 19.3 Å². The Labute approximate surface area is 126 Å². The summed E-state index contributed by atoms with van der Waals surface area (Å²) in [7, 11) is 1.92. The molecule has 0 unspecified atom stereocenters. The van der Waals surface area contributed by atoms with Gasteiger partial charge in [0.1, 0.15) is 5.82 Å². The van der Waals surface area contributed by atoms with Crippen molar-refractivity contribution in [3.05, 3.63) is 25.6 Å². The average molecular weight is 389 g/mol. The molecule has 3 rings (SSSR count). The second kappa shape index (κ2) is 4.90. The quantitative estimate of drug-likeness (QED) is 0.835. The molecule has 94 valence electrons. The van der Waals surface area contributed by atoms with Gasteiger partial charge >= 0.3 is 0 Å². The van der Waals surface area contributed by atoms with Crippen LogP contribution in [0, 0.1) is 0 Å². The van der Waals surface area contributed by atoms with Gasteiger partial charge in [0.15, 0.2) is 5.82 Å². The lowest BCUT2D eigenvalue weighted by atomic mass is 10.2. The minimum atomic E-state index is 0.816. The van der Waals surface area contributed by atoms with E-state index in [2.05, 4.69) is 48.2 Å². The molecule has 3 nitrogen and oxygen atoms in total. The first-order valence-electron chi connectivity index (χ1n) is 5.72. The first kappa shape index (κ1) is 12.6. The maximum Gasteiger partial charge on any atom is 0.171 e. The molecule has 2 aromatic heterocycles. The lowest BCUT2D eigenvalue weighted by molar-refractivity contribution is 0.900. The van der Waals surface area contributed by atoms with Gasteiger partial charge in [0, 0.05) is 22.8 Å². The molecular weight excluding hydrogens is 378 g/mol. The molecule has 1 aliphatic carbocycles. The van der Waals surface area contributed by atoms with Crippen LogP contribution >= 0.6 is 43.2 Å². The minimum Gasteiger partial charge on any atom is -0.373 e. The first-order chi connectivity index (χ1) is 8.69. The Hall–Kier alpha value is -0.460. The molecule has 0 fully saturated rings. The molecule has 1 N–H and O–H groups in total. The number of halogens is 2. The lowest BCUT2D eigenvalue weighted by Crippen LogP contribution is -2.02. The number of aryl methyl sites for hydroxylation is 1. The van der Waals surface area contributed by atoms with E-state index in [0.717, 1.165) is 37.6 Å². The summed E-state index contributed by atoms with van der Waals surface area (Å²) in [6, 6.07) is 2.06. The van der Waals surface area contributed by atoms with Crippen molar-refractivity contribution in [3.63, 3.8) is 0 Å². The van der Waals surface area contributed by atoms with Crippen molar-refractivity contribution in [1.82, 2.24) is 9.97 Å². The fourth-order valence-electron chi connectivity index (χ4n) is 2.21. The average Bonchev–Trinajstić information content (AvgIpc) is 2.95. The number of nitrogens with one attached hydrogen (secondary N) is 1. The molecule has 6 heteroatoms. The van der Waals surface area contributed by atoms with Crippen molar-refractivity contribution in [3.8, 4) is 10.7 Å². The number of hydrogen-bond donors (Lipinski definition) is 1. The van der Waals surface area contributed by atoms with E-state index < -0.39 is 0 Å². The number of thiophene rings is 1. The Morgan fingerprint density at radius 1 is 1.28 bits per heavy atom. The van der Waals surface area contributed by atoms with E-state index in [1.54, 1.807) is 11.3 Å². The van der Waals surface area contributed by atoms with E-state index in [9.17, 15) is 0 Å². The molecule has 0 saturated heterocycles. The summed E-state index contributed by atoms with van der Waals surface area (Å²) in [5, 5.41) is 3.19. The second-order valence-corrected chi connectivity index (χ2v) is 7.38. The van der Waals surface area contributed by atoms with E-state index in [0.29, 0.717) is 0 Å². The molecule has 0 aromatic carbocycles. The Morgan fingerprint density at radius 3 is 2.78 bits per heavy atom. The molecule has 0 saturated carbocycles. The summed E-state index contributed by atoms with van der Waals surface area (Å²) < 4.78 is 2.13. The minimum absolute atomic E-state index is 0.816. The predicted octanol–water partition coefficient (Wildman–Crippen LogP) is 4.26. The van der Waals surface area contributed by atoms with Gasteiger partial charge in [-0.3, -0.25) is 0 Å². The molecule has 0 amide bonds. The normalized spacial score (nSPS) is 13.7. The molecule has 0 aliphatic heterocycles. The number of fused-ring (bicyclic) bond motifs is 1. The SMILES string of the molecule is CNc1nc(-c2cc(Br)c(Br)s2)nc2c1CCC2. The van der Waals surface area contributed by atoms with Crippen LogP contribution in [0.5, 0.6) is 0 Å². The summed E-state index contributed by atoms with van der Waals surface area (Å²) in [5.41, 5.74) is 2.49.